The largest absolute Gasteiger partial charge is 0.457 e. The SMILES string of the molecule is O=C(CCc1cccc(Oc2ccc(C(F)(F)F)cc2)c1)[C@@H]1CCN1S(=O)(=O)c1ccc(F)cc1. The van der Waals surface area contributed by atoms with Gasteiger partial charge in [-0.15, -0.1) is 0 Å². The third-order valence-electron chi connectivity index (χ3n) is 5.74. The van der Waals surface area contributed by atoms with Crippen molar-refractivity contribution in [1.29, 1.82) is 0 Å². The Morgan fingerprint density at radius 1 is 0.971 bits per heavy atom. The number of hydrogen-bond acceptors (Lipinski definition) is 4. The summed E-state index contributed by atoms with van der Waals surface area (Å²) in [5.74, 6) is -0.137. The molecule has 3 aromatic rings. The zero-order valence-electron chi connectivity index (χ0n) is 18.3. The van der Waals surface area contributed by atoms with Crippen LogP contribution in [0.1, 0.15) is 24.0 Å². The predicted molar refractivity (Wildman–Crippen MR) is 120 cm³/mol. The van der Waals surface area contributed by atoms with E-state index < -0.39 is 33.6 Å². The summed E-state index contributed by atoms with van der Waals surface area (Å²) in [6.07, 6.45) is -3.58. The first kappa shape index (κ1) is 24.9. The molecular formula is C25H21F4NO4S. The van der Waals surface area contributed by atoms with Gasteiger partial charge in [-0.25, -0.2) is 12.8 Å². The number of rotatable bonds is 8. The summed E-state index contributed by atoms with van der Waals surface area (Å²) in [5, 5.41) is 0. The van der Waals surface area contributed by atoms with Crippen molar-refractivity contribution in [3.8, 4) is 11.5 Å². The second-order valence-electron chi connectivity index (χ2n) is 8.11. The first-order chi connectivity index (χ1) is 16.5. The molecule has 0 amide bonds. The monoisotopic (exact) mass is 507 g/mol. The van der Waals surface area contributed by atoms with Gasteiger partial charge in [-0.2, -0.15) is 17.5 Å². The van der Waals surface area contributed by atoms with E-state index in [-0.39, 0.29) is 29.4 Å². The zero-order valence-corrected chi connectivity index (χ0v) is 19.2. The van der Waals surface area contributed by atoms with Crippen LogP contribution in [0.3, 0.4) is 0 Å². The van der Waals surface area contributed by atoms with Crippen LogP contribution in [0.25, 0.3) is 0 Å². The van der Waals surface area contributed by atoms with E-state index in [0.29, 0.717) is 18.6 Å². The molecule has 5 nitrogen and oxygen atoms in total. The van der Waals surface area contributed by atoms with E-state index in [2.05, 4.69) is 0 Å². The Labute approximate surface area is 200 Å². The van der Waals surface area contributed by atoms with E-state index in [4.69, 9.17) is 4.74 Å². The number of alkyl halides is 3. The Kier molecular flexibility index (Phi) is 6.95. The third-order valence-corrected chi connectivity index (χ3v) is 7.66. The molecule has 0 radical (unpaired) electrons. The van der Waals surface area contributed by atoms with E-state index in [9.17, 15) is 30.8 Å². The Balaban J connectivity index is 1.36. The molecular weight excluding hydrogens is 486 g/mol. The van der Waals surface area contributed by atoms with Gasteiger partial charge in [-0.1, -0.05) is 12.1 Å². The highest BCUT2D eigenvalue weighted by Crippen LogP contribution is 2.32. The summed E-state index contributed by atoms with van der Waals surface area (Å²) < 4.78 is 83.6. The molecule has 1 aliphatic rings. The van der Waals surface area contributed by atoms with E-state index in [1.165, 1.54) is 24.3 Å². The van der Waals surface area contributed by atoms with E-state index in [1.54, 1.807) is 24.3 Å². The lowest BCUT2D eigenvalue weighted by molar-refractivity contribution is -0.137. The molecule has 4 rings (SSSR count). The van der Waals surface area contributed by atoms with Crippen molar-refractivity contribution < 1.29 is 35.5 Å². The molecule has 0 spiro atoms. The highest BCUT2D eigenvalue weighted by atomic mass is 32.2. The molecule has 0 saturated carbocycles. The molecule has 1 saturated heterocycles. The van der Waals surface area contributed by atoms with E-state index in [1.807, 2.05) is 0 Å². The molecule has 0 unspecified atom stereocenters. The molecule has 0 N–H and O–H groups in total. The maximum absolute atomic E-state index is 13.1. The smallest absolute Gasteiger partial charge is 0.416 e. The molecule has 0 aliphatic carbocycles. The quantitative estimate of drug-likeness (QED) is 0.373. The number of aryl methyl sites for hydroxylation is 1. The maximum Gasteiger partial charge on any atom is 0.416 e. The second-order valence-corrected chi connectivity index (χ2v) is 10.0. The molecule has 35 heavy (non-hydrogen) atoms. The van der Waals surface area contributed by atoms with Crippen LogP contribution in [0.15, 0.2) is 77.7 Å². The van der Waals surface area contributed by atoms with Gasteiger partial charge in [-0.3, -0.25) is 4.79 Å². The topological polar surface area (TPSA) is 63.7 Å². The molecule has 10 heteroatoms. The van der Waals surface area contributed by atoms with Crippen LogP contribution in [0.5, 0.6) is 11.5 Å². The summed E-state index contributed by atoms with van der Waals surface area (Å²) in [5.41, 5.74) is -0.0152. The minimum Gasteiger partial charge on any atom is -0.457 e. The van der Waals surface area contributed by atoms with Crippen molar-refractivity contribution in [2.45, 2.75) is 36.4 Å². The molecule has 184 valence electrons. The van der Waals surface area contributed by atoms with Gasteiger partial charge in [0.25, 0.3) is 0 Å². The van der Waals surface area contributed by atoms with Crippen molar-refractivity contribution in [2.24, 2.45) is 0 Å². The number of benzene rings is 3. The molecule has 1 atom stereocenters. The number of carbonyl (C=O) groups excluding carboxylic acids is 1. The fraction of sp³-hybridized carbons (Fsp3) is 0.240. The van der Waals surface area contributed by atoms with Crippen molar-refractivity contribution in [3.63, 3.8) is 0 Å². The summed E-state index contributed by atoms with van der Waals surface area (Å²) in [7, 11) is -3.89. The predicted octanol–water partition coefficient (Wildman–Crippen LogP) is 5.60. The summed E-state index contributed by atoms with van der Waals surface area (Å²) >= 11 is 0. The minimum absolute atomic E-state index is 0.0653. The van der Waals surface area contributed by atoms with Crippen molar-refractivity contribution in [3.05, 3.63) is 89.7 Å². The van der Waals surface area contributed by atoms with Crippen molar-refractivity contribution in [2.75, 3.05) is 6.54 Å². The Hall–Kier alpha value is -3.24. The highest BCUT2D eigenvalue weighted by Gasteiger charge is 2.42. The molecule has 1 fully saturated rings. The molecule has 1 aliphatic heterocycles. The number of carbonyl (C=O) groups is 1. The Bertz CT molecular complexity index is 1310. The second kappa shape index (κ2) is 9.79. The Morgan fingerprint density at radius 3 is 2.26 bits per heavy atom. The number of ether oxygens (including phenoxy) is 1. The lowest BCUT2D eigenvalue weighted by Gasteiger charge is -2.38. The molecule has 1 heterocycles. The van der Waals surface area contributed by atoms with Gasteiger partial charge in [0.15, 0.2) is 5.78 Å². The van der Waals surface area contributed by atoms with Crippen molar-refractivity contribution >= 4 is 15.8 Å². The number of Topliss-reactive ketones (excluding diaryl/α,β-unsaturated/α-hetero) is 1. The minimum atomic E-state index is -4.43. The van der Waals surface area contributed by atoms with Crippen molar-refractivity contribution in [1.82, 2.24) is 4.31 Å². The first-order valence-electron chi connectivity index (χ1n) is 10.8. The molecule has 0 bridgehead atoms. The number of halogens is 4. The fourth-order valence-electron chi connectivity index (χ4n) is 3.76. The van der Waals surface area contributed by atoms with Crippen LogP contribution in [-0.4, -0.2) is 31.1 Å². The van der Waals surface area contributed by atoms with Crippen LogP contribution >= 0.6 is 0 Å². The fourth-order valence-corrected chi connectivity index (χ4v) is 5.42. The number of ketones is 1. The normalized spacial score (nSPS) is 16.5. The van der Waals surface area contributed by atoms with Gasteiger partial charge in [0.05, 0.1) is 16.5 Å². The van der Waals surface area contributed by atoms with Crippen LogP contribution in [0.2, 0.25) is 0 Å². The van der Waals surface area contributed by atoms with E-state index >= 15 is 0 Å². The number of sulfonamides is 1. The maximum atomic E-state index is 13.1. The third kappa shape index (κ3) is 5.71. The summed E-state index contributed by atoms with van der Waals surface area (Å²) in [4.78, 5) is 12.7. The van der Waals surface area contributed by atoms with Gasteiger partial charge < -0.3 is 4.74 Å². The highest BCUT2D eigenvalue weighted by molar-refractivity contribution is 7.89. The summed E-state index contributed by atoms with van der Waals surface area (Å²) in [6, 6.07) is 14.8. The van der Waals surface area contributed by atoms with Crippen LogP contribution in [0, 0.1) is 5.82 Å². The standard InChI is InChI=1S/C25H21F4NO4S/c26-19-7-11-22(12-8-19)35(32,33)30-15-14-23(30)24(31)13-4-17-2-1-3-21(16-17)34-20-9-5-18(6-10-20)25(27,28)29/h1-3,5-12,16,23H,4,13-15H2/t23-/m0/s1. The zero-order chi connectivity index (χ0) is 25.2. The average Bonchev–Trinajstić information content (AvgIpc) is 2.77. The first-order valence-corrected chi connectivity index (χ1v) is 12.2. The van der Waals surface area contributed by atoms with Gasteiger partial charge in [0, 0.05) is 13.0 Å². The summed E-state index contributed by atoms with van der Waals surface area (Å²) in [6.45, 7) is 0.215. The van der Waals surface area contributed by atoms with E-state index in [0.717, 1.165) is 34.1 Å². The average molecular weight is 508 g/mol. The van der Waals surface area contributed by atoms with Gasteiger partial charge >= 0.3 is 6.18 Å². The lowest BCUT2D eigenvalue weighted by atomic mass is 9.97. The van der Waals surface area contributed by atoms with Crippen LogP contribution in [-0.2, 0) is 27.4 Å². The van der Waals surface area contributed by atoms with Gasteiger partial charge in [0.2, 0.25) is 10.0 Å². The number of hydrogen-bond donors (Lipinski definition) is 0. The Morgan fingerprint density at radius 2 is 1.66 bits per heavy atom. The molecule has 0 aromatic heterocycles. The van der Waals surface area contributed by atoms with Crippen LogP contribution in [0.4, 0.5) is 17.6 Å². The lowest BCUT2D eigenvalue weighted by Crippen LogP contribution is -2.54. The van der Waals surface area contributed by atoms with Crippen LogP contribution < -0.4 is 4.74 Å². The van der Waals surface area contributed by atoms with Gasteiger partial charge in [0.1, 0.15) is 17.3 Å². The molecule has 3 aromatic carbocycles. The number of nitrogens with zero attached hydrogens (tertiary/aromatic N) is 1. The van der Waals surface area contributed by atoms with Gasteiger partial charge in [-0.05, 0) is 79.1 Å².